The molecule has 1 aliphatic carbocycles. The van der Waals surface area contributed by atoms with Gasteiger partial charge in [0.05, 0.1) is 28.1 Å². The number of nitrogens with one attached hydrogen (secondary N) is 2. The molecule has 5 nitrogen and oxygen atoms in total. The van der Waals surface area contributed by atoms with Gasteiger partial charge in [0.25, 0.3) is 0 Å². The molecule has 1 unspecified atom stereocenters. The molecule has 58 heavy (non-hydrogen) atoms. The lowest BCUT2D eigenvalue weighted by atomic mass is 9.67. The number of para-hydroxylation sites is 1. The largest absolute Gasteiger partial charge is 0.331 e. The summed E-state index contributed by atoms with van der Waals surface area (Å²) in [4.78, 5) is 5.28. The molecule has 0 radical (unpaired) electrons. The lowest BCUT2D eigenvalue weighted by molar-refractivity contribution is 0.523. The van der Waals surface area contributed by atoms with E-state index in [0.29, 0.717) is 5.56 Å². The van der Waals surface area contributed by atoms with Gasteiger partial charge in [-0.1, -0.05) is 176 Å². The molecule has 2 N–H and O–H groups in total. The van der Waals surface area contributed by atoms with Crippen LogP contribution < -0.4 is 5.32 Å². The molecule has 0 spiro atoms. The van der Waals surface area contributed by atoms with Crippen molar-refractivity contribution in [3.05, 3.63) is 239 Å². The average molecular weight is 744 g/mol. The maximum Gasteiger partial charge on any atom is 0.202 e. The highest BCUT2D eigenvalue weighted by Gasteiger charge is 2.47. The zero-order valence-corrected chi connectivity index (χ0v) is 31.5. The Bertz CT molecular complexity index is 3010. The van der Waals surface area contributed by atoms with Crippen LogP contribution in [0.15, 0.2) is 205 Å². The van der Waals surface area contributed by atoms with Crippen LogP contribution in [-0.2, 0) is 5.41 Å². The number of aromatic nitrogens is 1. The molecule has 0 fully saturated rings. The van der Waals surface area contributed by atoms with Crippen molar-refractivity contribution in [2.75, 3.05) is 0 Å². The number of benzene rings is 8. The normalized spacial score (nSPS) is 13.2. The van der Waals surface area contributed by atoms with Gasteiger partial charge in [-0.05, 0) is 68.8 Å². The Balaban J connectivity index is 1.24. The standard InChI is InChI=1S/C53H37N5/c54-34-36-27-29-37(30-28-36)35-56-52(57-51(55)40-18-14-17-39(33-40)38-15-4-1-5-16-38)58-48-26-13-11-23-43(48)44-31-32-47-49(50(44)58)45-24-10-12-25-46(45)53(47,41-19-6-2-7-20-41)42-21-8-3-9-22-42/h1-33,35,52H,(H2,55,57)/b56-35+. The van der Waals surface area contributed by atoms with Crippen LogP contribution in [0.4, 0.5) is 0 Å². The summed E-state index contributed by atoms with van der Waals surface area (Å²) in [6.45, 7) is 0. The summed E-state index contributed by atoms with van der Waals surface area (Å²) in [7, 11) is 0. The lowest BCUT2D eigenvalue weighted by Crippen LogP contribution is -2.31. The van der Waals surface area contributed by atoms with Gasteiger partial charge < -0.3 is 9.88 Å². The molecule has 0 saturated carbocycles. The first kappa shape index (κ1) is 34.7. The third-order valence-corrected chi connectivity index (χ3v) is 11.5. The maximum atomic E-state index is 9.60. The van der Waals surface area contributed by atoms with Crippen LogP contribution in [0.25, 0.3) is 44.1 Å². The van der Waals surface area contributed by atoms with Crippen molar-refractivity contribution in [1.82, 2.24) is 9.88 Å². The van der Waals surface area contributed by atoms with E-state index in [2.05, 4.69) is 162 Å². The third kappa shape index (κ3) is 5.62. The van der Waals surface area contributed by atoms with E-state index in [0.717, 1.165) is 49.6 Å². The number of nitrogens with zero attached hydrogens (tertiary/aromatic N) is 3. The van der Waals surface area contributed by atoms with Crippen molar-refractivity contribution < 1.29 is 0 Å². The van der Waals surface area contributed by atoms with Crippen molar-refractivity contribution in [2.45, 2.75) is 11.7 Å². The maximum absolute atomic E-state index is 9.60. The van der Waals surface area contributed by atoms with Crippen LogP contribution in [-0.4, -0.2) is 16.6 Å². The Morgan fingerprint density at radius 2 is 1.26 bits per heavy atom. The summed E-state index contributed by atoms with van der Waals surface area (Å²) in [6.07, 6.45) is 1.11. The first-order valence-electron chi connectivity index (χ1n) is 19.5. The Kier molecular flexibility index (Phi) is 8.58. The van der Waals surface area contributed by atoms with Crippen molar-refractivity contribution in [3.8, 4) is 28.3 Å². The third-order valence-electron chi connectivity index (χ3n) is 11.5. The fraction of sp³-hybridized carbons (Fsp3) is 0.0377. The Labute approximate surface area is 337 Å². The molecule has 1 atom stereocenters. The number of hydrogen-bond donors (Lipinski definition) is 2. The van der Waals surface area contributed by atoms with Crippen LogP contribution in [0.5, 0.6) is 0 Å². The highest BCUT2D eigenvalue weighted by atomic mass is 15.3. The first-order chi connectivity index (χ1) is 28.6. The van der Waals surface area contributed by atoms with Crippen molar-refractivity contribution in [1.29, 1.82) is 10.7 Å². The van der Waals surface area contributed by atoms with Crippen molar-refractivity contribution in [3.63, 3.8) is 0 Å². The molecular formula is C53H37N5. The number of hydrogen-bond acceptors (Lipinski definition) is 3. The number of aliphatic imine (C=N–C) groups is 1. The molecule has 9 aromatic rings. The lowest BCUT2D eigenvalue weighted by Gasteiger charge is -2.33. The van der Waals surface area contributed by atoms with Gasteiger partial charge in [-0.3, -0.25) is 5.41 Å². The summed E-state index contributed by atoms with van der Waals surface area (Å²) in [5, 5.41) is 24.9. The van der Waals surface area contributed by atoms with E-state index in [1.807, 2.05) is 48.7 Å². The van der Waals surface area contributed by atoms with E-state index in [1.165, 1.54) is 27.8 Å². The zero-order chi connectivity index (χ0) is 39.1. The summed E-state index contributed by atoms with van der Waals surface area (Å²) < 4.78 is 2.28. The van der Waals surface area contributed by atoms with Gasteiger partial charge in [-0.2, -0.15) is 5.26 Å². The number of nitriles is 1. The second kappa shape index (κ2) is 14.4. The first-order valence-corrected chi connectivity index (χ1v) is 19.5. The predicted molar refractivity (Wildman–Crippen MR) is 236 cm³/mol. The smallest absolute Gasteiger partial charge is 0.202 e. The minimum absolute atomic E-state index is 0.251. The molecule has 10 rings (SSSR count). The average Bonchev–Trinajstić information content (AvgIpc) is 3.80. The minimum atomic E-state index is -0.729. The van der Waals surface area contributed by atoms with Crippen LogP contribution in [0.1, 0.15) is 45.2 Å². The zero-order valence-electron chi connectivity index (χ0n) is 31.5. The predicted octanol–water partition coefficient (Wildman–Crippen LogP) is 11.9. The van der Waals surface area contributed by atoms with Crippen LogP contribution >= 0.6 is 0 Å². The molecule has 1 aliphatic rings. The second-order valence-corrected chi connectivity index (χ2v) is 14.7. The van der Waals surface area contributed by atoms with E-state index in [-0.39, 0.29) is 5.84 Å². The Morgan fingerprint density at radius 1 is 0.621 bits per heavy atom. The van der Waals surface area contributed by atoms with Crippen LogP contribution in [0.3, 0.4) is 0 Å². The van der Waals surface area contributed by atoms with Gasteiger partial charge in [0.2, 0.25) is 6.29 Å². The van der Waals surface area contributed by atoms with Gasteiger partial charge in [0, 0.05) is 28.1 Å². The molecule has 0 saturated heterocycles. The van der Waals surface area contributed by atoms with Gasteiger partial charge in [-0.15, -0.1) is 0 Å². The van der Waals surface area contributed by atoms with E-state index < -0.39 is 11.7 Å². The SMILES string of the molecule is N#Cc1ccc(/C=N/C(NC(=N)c2cccc(-c3ccccc3)c2)n2c3ccccc3c3ccc4c(c32)-c2ccccc2C4(c2ccccc2)c2ccccc2)cc1. The quantitative estimate of drug-likeness (QED) is 0.120. The second-order valence-electron chi connectivity index (χ2n) is 14.7. The summed E-state index contributed by atoms with van der Waals surface area (Å²) in [6, 6.07) is 71.5. The Morgan fingerprint density at radius 3 is 1.98 bits per heavy atom. The van der Waals surface area contributed by atoms with E-state index in [1.54, 1.807) is 12.1 Å². The van der Waals surface area contributed by atoms with Crippen molar-refractivity contribution in [2.24, 2.45) is 4.99 Å². The molecule has 0 bridgehead atoms. The van der Waals surface area contributed by atoms with Gasteiger partial charge >= 0.3 is 0 Å². The van der Waals surface area contributed by atoms with Gasteiger partial charge in [-0.25, -0.2) is 4.99 Å². The molecule has 1 aromatic heterocycles. The minimum Gasteiger partial charge on any atom is -0.331 e. The van der Waals surface area contributed by atoms with E-state index in [4.69, 9.17) is 4.99 Å². The fourth-order valence-corrected chi connectivity index (χ4v) is 8.93. The monoisotopic (exact) mass is 743 g/mol. The Hall–Kier alpha value is -7.81. The van der Waals surface area contributed by atoms with E-state index in [9.17, 15) is 10.7 Å². The highest BCUT2D eigenvalue weighted by molar-refractivity contribution is 6.15. The molecule has 5 heteroatoms. The topological polar surface area (TPSA) is 77.0 Å². The molecule has 274 valence electrons. The summed E-state index contributed by atoms with van der Waals surface area (Å²) in [5.74, 6) is 0.251. The van der Waals surface area contributed by atoms with Crippen LogP contribution in [0, 0.1) is 16.7 Å². The number of rotatable bonds is 8. The van der Waals surface area contributed by atoms with Gasteiger partial charge in [0.15, 0.2) is 0 Å². The summed E-state index contributed by atoms with van der Waals surface area (Å²) >= 11 is 0. The highest BCUT2D eigenvalue weighted by Crippen LogP contribution is 2.58. The van der Waals surface area contributed by atoms with Gasteiger partial charge in [0.1, 0.15) is 5.84 Å². The molecular weight excluding hydrogens is 707 g/mol. The number of amidine groups is 1. The van der Waals surface area contributed by atoms with Crippen LogP contribution in [0.2, 0.25) is 0 Å². The fourth-order valence-electron chi connectivity index (χ4n) is 8.93. The molecule has 8 aromatic carbocycles. The van der Waals surface area contributed by atoms with Crippen molar-refractivity contribution >= 4 is 33.9 Å². The van der Waals surface area contributed by atoms with E-state index >= 15 is 0 Å². The molecule has 1 heterocycles. The molecule has 0 amide bonds. The molecule has 0 aliphatic heterocycles. The summed E-state index contributed by atoms with van der Waals surface area (Å²) in [5.41, 5.74) is 12.9. The number of fused-ring (bicyclic) bond motifs is 7.